The van der Waals surface area contributed by atoms with E-state index < -0.39 is 18.0 Å². The molecule has 2 atom stereocenters. The normalized spacial score (nSPS) is 22.7. The predicted octanol–water partition coefficient (Wildman–Crippen LogP) is 1.83. The van der Waals surface area contributed by atoms with Crippen molar-refractivity contribution in [2.45, 2.75) is 18.8 Å². The Labute approximate surface area is 158 Å². The minimum atomic E-state index is -4.81. The van der Waals surface area contributed by atoms with Crippen LogP contribution in [0.1, 0.15) is 16.8 Å². The highest BCUT2D eigenvalue weighted by Crippen LogP contribution is 2.23. The molecule has 3 rings (SSSR count). The van der Waals surface area contributed by atoms with Gasteiger partial charge in [-0.15, -0.1) is 24.9 Å². The van der Waals surface area contributed by atoms with E-state index in [1.807, 2.05) is 4.90 Å². The number of amides is 2. The summed E-state index contributed by atoms with van der Waals surface area (Å²) in [4.78, 5) is 26.4. The molecule has 2 amide bonds. The molecule has 0 saturated carbocycles. The number of alkyl halides is 3. The van der Waals surface area contributed by atoms with Crippen molar-refractivity contribution in [2.75, 3.05) is 31.3 Å². The van der Waals surface area contributed by atoms with Crippen LogP contribution in [-0.4, -0.2) is 60.4 Å². The summed E-state index contributed by atoms with van der Waals surface area (Å²) in [6.07, 6.45) is -4.18. The predicted molar refractivity (Wildman–Crippen MR) is 94.4 cm³/mol. The molecule has 0 spiro atoms. The third-order valence-corrected chi connectivity index (χ3v) is 5.43. The van der Waals surface area contributed by atoms with Gasteiger partial charge in [0.25, 0.3) is 5.91 Å². The molecule has 148 valence electrons. The Balaban J connectivity index is 1.48. The van der Waals surface area contributed by atoms with Gasteiger partial charge in [-0.1, -0.05) is 6.07 Å². The number of hydrogen-bond acceptors (Lipinski definition) is 5. The van der Waals surface area contributed by atoms with Crippen LogP contribution in [0.5, 0.6) is 5.75 Å². The largest absolute Gasteiger partial charge is 0.573 e. The van der Waals surface area contributed by atoms with Crippen molar-refractivity contribution >= 4 is 23.6 Å². The number of nitrogens with zero attached hydrogens (tertiary/aromatic N) is 1. The number of carbonyl (C=O) groups excluding carboxylic acids is 2. The van der Waals surface area contributed by atoms with Gasteiger partial charge in [-0.25, -0.2) is 0 Å². The van der Waals surface area contributed by atoms with Gasteiger partial charge in [-0.3, -0.25) is 9.59 Å². The molecule has 27 heavy (non-hydrogen) atoms. The van der Waals surface area contributed by atoms with E-state index in [1.54, 1.807) is 11.8 Å². The molecule has 2 unspecified atom stereocenters. The number of carbonyl (C=O) groups is 2. The quantitative estimate of drug-likeness (QED) is 0.785. The number of ether oxygens (including phenoxy) is 1. The first kappa shape index (κ1) is 19.8. The number of rotatable bonds is 5. The molecule has 2 fully saturated rings. The Morgan fingerprint density at radius 3 is 2.89 bits per heavy atom. The Morgan fingerprint density at radius 1 is 1.37 bits per heavy atom. The molecule has 2 heterocycles. The highest BCUT2D eigenvalue weighted by Gasteiger charge is 2.34. The molecule has 0 radical (unpaired) electrons. The highest BCUT2D eigenvalue weighted by molar-refractivity contribution is 7.99. The van der Waals surface area contributed by atoms with Gasteiger partial charge >= 0.3 is 6.36 Å². The van der Waals surface area contributed by atoms with Gasteiger partial charge in [-0.2, -0.15) is 0 Å². The number of hydrogen-bond donors (Lipinski definition) is 2. The number of nitrogens with one attached hydrogen (secondary N) is 2. The molecule has 0 aromatic heterocycles. The minimum absolute atomic E-state index is 0.0874. The molecule has 1 aromatic carbocycles. The van der Waals surface area contributed by atoms with Crippen LogP contribution in [0.2, 0.25) is 0 Å². The lowest BCUT2D eigenvalue weighted by Gasteiger charge is -2.19. The van der Waals surface area contributed by atoms with Gasteiger partial charge < -0.3 is 20.3 Å². The molecule has 2 saturated heterocycles. The van der Waals surface area contributed by atoms with Gasteiger partial charge in [-0.05, 0) is 30.5 Å². The van der Waals surface area contributed by atoms with Crippen LogP contribution in [0.15, 0.2) is 24.3 Å². The standard InChI is InChI=1S/C17H20F3N3O3S/c18-17(19,20)26-13-3-1-2-12(7-13)15(24)22-9-11-6-14(21-8-11)16(25)23-4-5-27-10-23/h1-3,7,11,14,21H,4-6,8-10H2,(H,22,24). The van der Waals surface area contributed by atoms with E-state index >= 15 is 0 Å². The second-order valence-electron chi connectivity index (χ2n) is 6.49. The fourth-order valence-corrected chi connectivity index (χ4v) is 4.09. The summed E-state index contributed by atoms with van der Waals surface area (Å²) in [5.41, 5.74) is 0.0874. The lowest BCUT2D eigenvalue weighted by atomic mass is 10.0. The van der Waals surface area contributed by atoms with E-state index in [2.05, 4.69) is 15.4 Å². The van der Waals surface area contributed by atoms with Crippen LogP contribution >= 0.6 is 11.8 Å². The first-order valence-electron chi connectivity index (χ1n) is 8.56. The summed E-state index contributed by atoms with van der Waals surface area (Å²) >= 11 is 1.73. The van der Waals surface area contributed by atoms with Crippen LogP contribution in [0, 0.1) is 5.92 Å². The van der Waals surface area contributed by atoms with Crippen LogP contribution in [0.3, 0.4) is 0 Å². The van der Waals surface area contributed by atoms with Crippen molar-refractivity contribution in [1.82, 2.24) is 15.5 Å². The Hall–Kier alpha value is -1.94. The van der Waals surface area contributed by atoms with Crippen LogP contribution in [0.25, 0.3) is 0 Å². The van der Waals surface area contributed by atoms with E-state index in [1.165, 1.54) is 12.1 Å². The van der Waals surface area contributed by atoms with E-state index in [0.717, 1.165) is 30.3 Å². The Bertz CT molecular complexity index is 695. The average molecular weight is 403 g/mol. The summed E-state index contributed by atoms with van der Waals surface area (Å²) < 4.78 is 40.7. The molecule has 2 aliphatic heterocycles. The third kappa shape index (κ3) is 5.52. The average Bonchev–Trinajstić information content (AvgIpc) is 3.29. The highest BCUT2D eigenvalue weighted by atomic mass is 32.2. The lowest BCUT2D eigenvalue weighted by Crippen LogP contribution is -2.42. The van der Waals surface area contributed by atoms with Crippen molar-refractivity contribution in [3.63, 3.8) is 0 Å². The maximum absolute atomic E-state index is 12.4. The smallest absolute Gasteiger partial charge is 0.406 e. The van der Waals surface area contributed by atoms with Gasteiger partial charge in [0.05, 0.1) is 11.9 Å². The van der Waals surface area contributed by atoms with Crippen LogP contribution in [-0.2, 0) is 4.79 Å². The van der Waals surface area contributed by atoms with Gasteiger partial charge in [0, 0.05) is 31.0 Å². The van der Waals surface area contributed by atoms with Crippen molar-refractivity contribution < 1.29 is 27.5 Å². The monoisotopic (exact) mass is 403 g/mol. The third-order valence-electron chi connectivity index (χ3n) is 4.47. The second-order valence-corrected chi connectivity index (χ2v) is 7.56. The van der Waals surface area contributed by atoms with Crippen LogP contribution in [0.4, 0.5) is 13.2 Å². The minimum Gasteiger partial charge on any atom is -0.406 e. The van der Waals surface area contributed by atoms with Gasteiger partial charge in [0.1, 0.15) is 5.75 Å². The van der Waals surface area contributed by atoms with Gasteiger partial charge in [0.15, 0.2) is 0 Å². The lowest BCUT2D eigenvalue weighted by molar-refractivity contribution is -0.274. The topological polar surface area (TPSA) is 70.7 Å². The van der Waals surface area contributed by atoms with Crippen molar-refractivity contribution in [1.29, 1.82) is 0 Å². The number of thioether (sulfide) groups is 1. The molecule has 2 N–H and O–H groups in total. The molecular formula is C17H20F3N3O3S. The fraction of sp³-hybridized carbons (Fsp3) is 0.529. The van der Waals surface area contributed by atoms with E-state index in [-0.39, 0.29) is 23.4 Å². The summed E-state index contributed by atoms with van der Waals surface area (Å²) in [6.45, 7) is 1.71. The summed E-state index contributed by atoms with van der Waals surface area (Å²) in [7, 11) is 0. The summed E-state index contributed by atoms with van der Waals surface area (Å²) in [5.74, 6) is 0.933. The molecule has 0 bridgehead atoms. The molecule has 6 nitrogen and oxygen atoms in total. The first-order chi connectivity index (χ1) is 12.8. The van der Waals surface area contributed by atoms with E-state index in [0.29, 0.717) is 19.5 Å². The summed E-state index contributed by atoms with van der Waals surface area (Å²) in [5, 5.41) is 5.90. The van der Waals surface area contributed by atoms with E-state index in [4.69, 9.17) is 0 Å². The number of halogens is 3. The molecular weight excluding hydrogens is 383 g/mol. The maximum Gasteiger partial charge on any atom is 0.573 e. The number of benzene rings is 1. The van der Waals surface area contributed by atoms with Crippen molar-refractivity contribution in [2.24, 2.45) is 5.92 Å². The van der Waals surface area contributed by atoms with Crippen molar-refractivity contribution in [3.05, 3.63) is 29.8 Å². The zero-order chi connectivity index (χ0) is 19.4. The Morgan fingerprint density at radius 2 is 2.19 bits per heavy atom. The molecule has 10 heteroatoms. The zero-order valence-electron chi connectivity index (χ0n) is 14.4. The summed E-state index contributed by atoms with van der Waals surface area (Å²) in [6, 6.07) is 4.69. The van der Waals surface area contributed by atoms with Crippen molar-refractivity contribution in [3.8, 4) is 5.75 Å². The molecule has 0 aliphatic carbocycles. The molecule has 1 aromatic rings. The van der Waals surface area contributed by atoms with Crippen LogP contribution < -0.4 is 15.4 Å². The van der Waals surface area contributed by atoms with Gasteiger partial charge in [0.2, 0.25) is 5.91 Å². The SMILES string of the molecule is O=C(NCC1CNC(C(=O)N2CCSC2)C1)c1cccc(OC(F)(F)F)c1. The first-order valence-corrected chi connectivity index (χ1v) is 9.71. The second kappa shape index (κ2) is 8.39. The fourth-order valence-electron chi connectivity index (χ4n) is 3.13. The zero-order valence-corrected chi connectivity index (χ0v) is 15.2. The molecule has 2 aliphatic rings. The Kier molecular flexibility index (Phi) is 6.15. The maximum atomic E-state index is 12.4. The van der Waals surface area contributed by atoms with E-state index in [9.17, 15) is 22.8 Å².